The van der Waals surface area contributed by atoms with Gasteiger partial charge in [-0.3, -0.25) is 0 Å². The van der Waals surface area contributed by atoms with Crippen molar-refractivity contribution in [2.24, 2.45) is 0 Å². The second-order valence-corrected chi connectivity index (χ2v) is 5.50. The fourth-order valence-corrected chi connectivity index (χ4v) is 2.84. The molecule has 1 heterocycles. The number of rotatable bonds is 5. The van der Waals surface area contributed by atoms with Gasteiger partial charge in [-0.05, 0) is 60.4 Å². The van der Waals surface area contributed by atoms with Gasteiger partial charge in [0.1, 0.15) is 5.75 Å². The van der Waals surface area contributed by atoms with Crippen LogP contribution in [-0.4, -0.2) is 11.1 Å². The minimum absolute atomic E-state index is 0.325. The molecular weight excluding hydrogens is 242 g/mol. The van der Waals surface area contributed by atoms with Crippen LogP contribution in [0.5, 0.6) is 5.75 Å². The summed E-state index contributed by atoms with van der Waals surface area (Å²) in [6.45, 7) is 4.38. The van der Waals surface area contributed by atoms with E-state index in [-0.39, 0.29) is 0 Å². The first-order valence-corrected chi connectivity index (χ1v) is 7.15. The fraction of sp³-hybridized carbons (Fsp3) is 0.333. The largest absolute Gasteiger partial charge is 0.508 e. The molecule has 1 aromatic carbocycles. The van der Waals surface area contributed by atoms with E-state index in [1.54, 1.807) is 23.5 Å². The van der Waals surface area contributed by atoms with E-state index in [2.05, 4.69) is 36.0 Å². The van der Waals surface area contributed by atoms with E-state index in [4.69, 9.17) is 0 Å². The smallest absolute Gasteiger partial charge is 0.115 e. The van der Waals surface area contributed by atoms with Crippen LogP contribution in [0.4, 0.5) is 0 Å². The number of aromatic hydroxyl groups is 1. The number of thiophene rings is 1. The third-order valence-electron chi connectivity index (χ3n) is 3.06. The summed E-state index contributed by atoms with van der Waals surface area (Å²) in [6, 6.07) is 10.4. The highest BCUT2D eigenvalue weighted by atomic mass is 32.1. The van der Waals surface area contributed by atoms with E-state index in [0.717, 1.165) is 6.42 Å². The van der Waals surface area contributed by atoms with Gasteiger partial charge in [0.05, 0.1) is 0 Å². The molecule has 0 aliphatic carbocycles. The van der Waals surface area contributed by atoms with Crippen LogP contribution in [0.2, 0.25) is 0 Å². The van der Waals surface area contributed by atoms with Crippen LogP contribution >= 0.6 is 11.3 Å². The van der Waals surface area contributed by atoms with Crippen LogP contribution in [0.1, 0.15) is 31.0 Å². The van der Waals surface area contributed by atoms with Gasteiger partial charge in [0.2, 0.25) is 0 Å². The minimum atomic E-state index is 0.325. The monoisotopic (exact) mass is 261 g/mol. The van der Waals surface area contributed by atoms with Crippen LogP contribution in [0, 0.1) is 0 Å². The molecule has 96 valence electrons. The lowest BCUT2D eigenvalue weighted by molar-refractivity contribution is 0.470. The number of nitrogens with one attached hydrogen (secondary N) is 1. The SMILES string of the molecule is CC(Cc1ccc(O)cc1)NC(C)c1ccsc1. The summed E-state index contributed by atoms with van der Waals surface area (Å²) >= 11 is 1.73. The van der Waals surface area contributed by atoms with Crippen LogP contribution in [-0.2, 0) is 6.42 Å². The van der Waals surface area contributed by atoms with Crippen molar-refractivity contribution in [2.45, 2.75) is 32.4 Å². The third-order valence-corrected chi connectivity index (χ3v) is 3.76. The van der Waals surface area contributed by atoms with Crippen molar-refractivity contribution in [3.05, 3.63) is 52.2 Å². The summed E-state index contributed by atoms with van der Waals surface area (Å²) in [4.78, 5) is 0. The van der Waals surface area contributed by atoms with Crippen molar-refractivity contribution >= 4 is 11.3 Å². The Morgan fingerprint density at radius 1 is 1.17 bits per heavy atom. The number of benzene rings is 1. The first kappa shape index (κ1) is 13.1. The van der Waals surface area contributed by atoms with Crippen molar-refractivity contribution in [2.75, 3.05) is 0 Å². The summed E-state index contributed by atoms with van der Waals surface area (Å²) in [7, 11) is 0. The molecule has 2 atom stereocenters. The van der Waals surface area contributed by atoms with Crippen LogP contribution in [0.15, 0.2) is 41.1 Å². The van der Waals surface area contributed by atoms with Gasteiger partial charge in [-0.2, -0.15) is 11.3 Å². The standard InChI is InChI=1S/C15H19NOS/c1-11(9-13-3-5-15(17)6-4-13)16-12(2)14-7-8-18-10-14/h3-8,10-12,16-17H,9H2,1-2H3. The van der Waals surface area contributed by atoms with Crippen molar-refractivity contribution in [3.63, 3.8) is 0 Å². The molecule has 0 spiro atoms. The van der Waals surface area contributed by atoms with Crippen LogP contribution in [0.3, 0.4) is 0 Å². The molecule has 0 fully saturated rings. The topological polar surface area (TPSA) is 32.3 Å². The highest BCUT2D eigenvalue weighted by molar-refractivity contribution is 7.07. The maximum absolute atomic E-state index is 9.25. The van der Waals surface area contributed by atoms with E-state index in [9.17, 15) is 5.11 Å². The average Bonchev–Trinajstić information content (AvgIpc) is 2.85. The van der Waals surface area contributed by atoms with Crippen molar-refractivity contribution < 1.29 is 5.11 Å². The zero-order valence-electron chi connectivity index (χ0n) is 10.8. The first-order chi connectivity index (χ1) is 8.65. The minimum Gasteiger partial charge on any atom is -0.508 e. The lowest BCUT2D eigenvalue weighted by Gasteiger charge is -2.19. The first-order valence-electron chi connectivity index (χ1n) is 6.21. The molecule has 2 nitrogen and oxygen atoms in total. The molecular formula is C15H19NOS. The molecule has 0 bridgehead atoms. The maximum atomic E-state index is 9.25. The van der Waals surface area contributed by atoms with Gasteiger partial charge in [0, 0.05) is 12.1 Å². The fourth-order valence-electron chi connectivity index (χ4n) is 2.09. The Balaban J connectivity index is 1.88. The second-order valence-electron chi connectivity index (χ2n) is 4.72. The van der Waals surface area contributed by atoms with E-state index in [0.29, 0.717) is 17.8 Å². The van der Waals surface area contributed by atoms with E-state index < -0.39 is 0 Å². The molecule has 0 aliphatic heterocycles. The Morgan fingerprint density at radius 3 is 2.50 bits per heavy atom. The van der Waals surface area contributed by atoms with Crippen LogP contribution in [0.25, 0.3) is 0 Å². The van der Waals surface area contributed by atoms with E-state index >= 15 is 0 Å². The zero-order valence-corrected chi connectivity index (χ0v) is 11.6. The number of hydrogen-bond acceptors (Lipinski definition) is 3. The van der Waals surface area contributed by atoms with Crippen molar-refractivity contribution in [1.29, 1.82) is 0 Å². The van der Waals surface area contributed by atoms with Gasteiger partial charge in [0.25, 0.3) is 0 Å². The number of phenols is 1. The Morgan fingerprint density at radius 2 is 1.89 bits per heavy atom. The summed E-state index contributed by atoms with van der Waals surface area (Å²) in [6.07, 6.45) is 0.967. The summed E-state index contributed by atoms with van der Waals surface area (Å²) in [5, 5.41) is 17.1. The normalized spacial score (nSPS) is 14.3. The average molecular weight is 261 g/mol. The molecule has 0 saturated carbocycles. The molecule has 3 heteroatoms. The molecule has 1 aromatic heterocycles. The molecule has 2 aromatic rings. The summed E-state index contributed by atoms with van der Waals surface area (Å²) in [5.41, 5.74) is 2.59. The highest BCUT2D eigenvalue weighted by Crippen LogP contribution is 2.17. The lowest BCUT2D eigenvalue weighted by atomic mass is 10.1. The van der Waals surface area contributed by atoms with Gasteiger partial charge in [0.15, 0.2) is 0 Å². The molecule has 0 radical (unpaired) electrons. The molecule has 0 amide bonds. The Bertz CT molecular complexity index is 464. The van der Waals surface area contributed by atoms with E-state index in [1.807, 2.05) is 12.1 Å². The van der Waals surface area contributed by atoms with Crippen molar-refractivity contribution in [1.82, 2.24) is 5.32 Å². The lowest BCUT2D eigenvalue weighted by Crippen LogP contribution is -2.30. The quantitative estimate of drug-likeness (QED) is 0.859. The Labute approximate surface area is 112 Å². The molecule has 2 rings (SSSR count). The highest BCUT2D eigenvalue weighted by Gasteiger charge is 2.10. The van der Waals surface area contributed by atoms with Crippen LogP contribution < -0.4 is 5.32 Å². The molecule has 0 aliphatic rings. The number of hydrogen-bond donors (Lipinski definition) is 2. The third kappa shape index (κ3) is 3.59. The predicted octanol–water partition coefficient (Wildman–Crippen LogP) is 3.74. The van der Waals surface area contributed by atoms with Gasteiger partial charge in [-0.25, -0.2) is 0 Å². The second kappa shape index (κ2) is 6.03. The molecule has 2 unspecified atom stereocenters. The molecule has 18 heavy (non-hydrogen) atoms. The Hall–Kier alpha value is -1.32. The summed E-state index contributed by atoms with van der Waals surface area (Å²) < 4.78 is 0. The van der Waals surface area contributed by atoms with Gasteiger partial charge >= 0.3 is 0 Å². The van der Waals surface area contributed by atoms with Gasteiger partial charge in [-0.15, -0.1) is 0 Å². The van der Waals surface area contributed by atoms with Gasteiger partial charge in [-0.1, -0.05) is 12.1 Å². The van der Waals surface area contributed by atoms with Gasteiger partial charge < -0.3 is 10.4 Å². The summed E-state index contributed by atoms with van der Waals surface area (Å²) in [5.74, 6) is 0.325. The Kier molecular flexibility index (Phi) is 4.39. The predicted molar refractivity (Wildman–Crippen MR) is 77.1 cm³/mol. The van der Waals surface area contributed by atoms with Crippen molar-refractivity contribution in [3.8, 4) is 5.75 Å². The number of phenolic OH excluding ortho intramolecular Hbond substituents is 1. The van der Waals surface area contributed by atoms with E-state index in [1.165, 1.54) is 11.1 Å². The zero-order chi connectivity index (χ0) is 13.0. The molecule has 0 saturated heterocycles. The maximum Gasteiger partial charge on any atom is 0.115 e. The molecule has 2 N–H and O–H groups in total.